The van der Waals surface area contributed by atoms with Gasteiger partial charge in [-0.1, -0.05) is 150 Å². The molecule has 1 aliphatic heterocycles. The molecule has 0 aromatic carbocycles. The van der Waals surface area contributed by atoms with Crippen LogP contribution in [0.4, 0.5) is 0 Å². The Kier molecular flexibility index (Phi) is 33.1. The van der Waals surface area contributed by atoms with E-state index in [-0.39, 0.29) is 44.9 Å². The normalized spacial score (nSPS) is 21.3. The molecule has 1 saturated heterocycles. The first kappa shape index (κ1) is 56.3. The maximum Gasteiger partial charge on any atom is 0.475 e. The van der Waals surface area contributed by atoms with E-state index in [1.54, 1.807) is 14.0 Å². The highest BCUT2D eigenvalue weighted by Crippen LogP contribution is 2.52. The van der Waals surface area contributed by atoms with Crippen molar-refractivity contribution in [1.29, 1.82) is 5.41 Å². The predicted octanol–water partition coefficient (Wildman–Crippen LogP) is 12.1. The molecule has 0 spiro atoms. The summed E-state index contributed by atoms with van der Waals surface area (Å²) < 4.78 is 58.9. The number of carbonyl (C=O) groups is 1. The third kappa shape index (κ3) is 25.8. The molecule has 1 amide bonds. The molecular formula is C43H78Cl3N2O10P. The molecule has 0 aromatic heterocycles. The van der Waals surface area contributed by atoms with Crippen molar-refractivity contribution in [3.05, 3.63) is 24.8 Å². The van der Waals surface area contributed by atoms with Crippen molar-refractivity contribution in [2.75, 3.05) is 40.6 Å². The molecule has 346 valence electrons. The van der Waals surface area contributed by atoms with Gasteiger partial charge in [-0.15, -0.1) is 6.58 Å². The number of allylic oxidation sites excluding steroid dienone is 2. The van der Waals surface area contributed by atoms with Crippen LogP contribution in [-0.2, 0) is 46.6 Å². The van der Waals surface area contributed by atoms with E-state index in [1.807, 2.05) is 0 Å². The first-order valence-corrected chi connectivity index (χ1v) is 24.7. The summed E-state index contributed by atoms with van der Waals surface area (Å²) in [7, 11) is -1.11. The number of methoxy groups -OCH3 is 2. The summed E-state index contributed by atoms with van der Waals surface area (Å²) in [4.78, 5) is 13.7. The molecule has 0 aliphatic carbocycles. The monoisotopic (exact) mass is 918 g/mol. The van der Waals surface area contributed by atoms with Gasteiger partial charge < -0.3 is 29.0 Å². The molecule has 0 aromatic rings. The van der Waals surface area contributed by atoms with E-state index >= 15 is 0 Å². The third-order valence-corrected chi connectivity index (χ3v) is 12.1. The molecule has 12 nitrogen and oxygen atoms in total. The molecule has 1 fully saturated rings. The smallest absolute Gasteiger partial charge is 0.446 e. The van der Waals surface area contributed by atoms with Gasteiger partial charge in [-0.25, -0.2) is 4.57 Å². The first-order valence-electron chi connectivity index (χ1n) is 22.1. The lowest BCUT2D eigenvalue weighted by molar-refractivity contribution is -0.256. The van der Waals surface area contributed by atoms with Gasteiger partial charge in [0.2, 0.25) is 18.1 Å². The highest BCUT2D eigenvalue weighted by atomic mass is 35.6. The SMILES string of the molecule is C=CCOP(=O)(OCC)O[C@H]1[C@H](OCC[C@@H](CCCCCCC)OC)[C@H](NC(=O)CCCCCCCCC/C=C\CCCCCC)[C@@H](OC(=N)C(Cl)(Cl)Cl)O[C@@H]1COC. The van der Waals surface area contributed by atoms with Crippen LogP contribution in [0.15, 0.2) is 24.8 Å². The van der Waals surface area contributed by atoms with Crippen molar-refractivity contribution in [3.8, 4) is 0 Å². The van der Waals surface area contributed by atoms with Crippen LogP contribution in [0.25, 0.3) is 0 Å². The van der Waals surface area contributed by atoms with Gasteiger partial charge in [-0.05, 0) is 51.9 Å². The number of alkyl halides is 3. The van der Waals surface area contributed by atoms with Gasteiger partial charge in [0, 0.05) is 27.2 Å². The molecule has 0 bridgehead atoms. The van der Waals surface area contributed by atoms with Crippen LogP contribution in [0.1, 0.15) is 156 Å². The van der Waals surface area contributed by atoms with Crippen molar-refractivity contribution in [3.63, 3.8) is 0 Å². The molecular weight excluding hydrogens is 842 g/mol. The number of amides is 1. The summed E-state index contributed by atoms with van der Waals surface area (Å²) in [6.45, 7) is 9.69. The number of nitrogens with one attached hydrogen (secondary N) is 2. The predicted molar refractivity (Wildman–Crippen MR) is 240 cm³/mol. The summed E-state index contributed by atoms with van der Waals surface area (Å²) in [5, 5.41) is 11.4. The summed E-state index contributed by atoms with van der Waals surface area (Å²) >= 11 is 18.1. The van der Waals surface area contributed by atoms with Crippen LogP contribution in [0, 0.1) is 5.41 Å². The van der Waals surface area contributed by atoms with E-state index in [9.17, 15) is 9.36 Å². The Morgan fingerprint density at radius 2 is 1.44 bits per heavy atom. The number of halogens is 3. The Bertz CT molecular complexity index is 1180. The number of rotatable bonds is 37. The molecule has 1 unspecified atom stereocenters. The number of unbranched alkanes of at least 4 members (excludes halogenated alkanes) is 15. The lowest BCUT2D eigenvalue weighted by Gasteiger charge is -2.46. The Labute approximate surface area is 371 Å². The zero-order chi connectivity index (χ0) is 43.8. The van der Waals surface area contributed by atoms with Gasteiger partial charge in [0.25, 0.3) is 3.79 Å². The van der Waals surface area contributed by atoms with Crippen LogP contribution in [0.3, 0.4) is 0 Å². The average molecular weight is 920 g/mol. The van der Waals surface area contributed by atoms with Crippen LogP contribution >= 0.6 is 42.6 Å². The highest BCUT2D eigenvalue weighted by Gasteiger charge is 2.53. The molecule has 16 heteroatoms. The highest BCUT2D eigenvalue weighted by molar-refractivity contribution is 7.48. The van der Waals surface area contributed by atoms with Crippen LogP contribution in [0.5, 0.6) is 0 Å². The average Bonchev–Trinajstić information content (AvgIpc) is 3.19. The van der Waals surface area contributed by atoms with Crippen LogP contribution in [-0.4, -0.2) is 93.0 Å². The third-order valence-electron chi connectivity index (χ3n) is 10.1. The Balaban J connectivity index is 3.16. The zero-order valence-corrected chi connectivity index (χ0v) is 39.9. The van der Waals surface area contributed by atoms with Crippen molar-refractivity contribution in [2.24, 2.45) is 0 Å². The van der Waals surface area contributed by atoms with Gasteiger partial charge in [-0.3, -0.25) is 23.8 Å². The minimum Gasteiger partial charge on any atom is -0.446 e. The number of carbonyl (C=O) groups excluding carboxylic acids is 1. The lowest BCUT2D eigenvalue weighted by atomic mass is 9.96. The van der Waals surface area contributed by atoms with Gasteiger partial charge in [0.05, 0.1) is 25.9 Å². The fraction of sp³-hybridized carbons (Fsp3) is 0.860. The quantitative estimate of drug-likeness (QED) is 0.0154. The second kappa shape index (κ2) is 34.7. The van der Waals surface area contributed by atoms with Gasteiger partial charge in [-0.2, -0.15) is 0 Å². The van der Waals surface area contributed by atoms with E-state index in [0.717, 1.165) is 57.8 Å². The van der Waals surface area contributed by atoms with Gasteiger partial charge in [0.15, 0.2) is 0 Å². The maximum atomic E-state index is 14.0. The molecule has 2 N–H and O–H groups in total. The molecule has 7 atom stereocenters. The van der Waals surface area contributed by atoms with Crippen LogP contribution < -0.4 is 5.32 Å². The van der Waals surface area contributed by atoms with E-state index in [0.29, 0.717) is 12.8 Å². The summed E-state index contributed by atoms with van der Waals surface area (Å²) in [6, 6.07) is -1.12. The van der Waals surface area contributed by atoms with Gasteiger partial charge >= 0.3 is 7.82 Å². The number of hydrogen-bond donors (Lipinski definition) is 2. The van der Waals surface area contributed by atoms with Crippen molar-refractivity contribution >= 4 is 54.4 Å². The van der Waals surface area contributed by atoms with E-state index in [4.69, 9.17) is 77.5 Å². The summed E-state index contributed by atoms with van der Waals surface area (Å²) in [5.41, 5.74) is 0. The van der Waals surface area contributed by atoms with Crippen molar-refractivity contribution in [1.82, 2.24) is 5.32 Å². The van der Waals surface area contributed by atoms with Crippen molar-refractivity contribution < 1.29 is 46.6 Å². The maximum absolute atomic E-state index is 14.0. The largest absolute Gasteiger partial charge is 0.475 e. The molecule has 0 saturated carbocycles. The number of phosphoric ester groups is 1. The minimum absolute atomic E-state index is 0.0130. The van der Waals surface area contributed by atoms with Gasteiger partial charge in [0.1, 0.15) is 24.4 Å². The van der Waals surface area contributed by atoms with E-state index in [1.165, 1.54) is 71.0 Å². The Hall–Kier alpha value is -0.760. The van der Waals surface area contributed by atoms with E-state index in [2.05, 4.69) is 37.9 Å². The first-order chi connectivity index (χ1) is 28.4. The number of ether oxygens (including phenoxy) is 5. The standard InChI is InChI=1S/C43H78Cl3N2O10P/c1-7-11-13-15-16-17-18-19-20-21-22-23-24-26-28-30-37(49)48-38-40(53-33-31-35(52-6)29-27-25-14-12-8-2)39(58-59(50,54-10-4)55-32-9-3)36(34-51-5)56-41(38)57-42(47)43(44,45)46/h9,17-18,35-36,38-41,47H,3,7-8,10-16,19-34H2,1-2,4-6H3,(H,48,49)/b18-17-,47-42?/t35-,36-,38+,39-,40-,41-,59?/m1/s1. The molecule has 59 heavy (non-hydrogen) atoms. The van der Waals surface area contributed by atoms with Crippen molar-refractivity contribution in [2.45, 2.75) is 196 Å². The number of hydrogen-bond acceptors (Lipinski definition) is 11. The molecule has 0 radical (unpaired) electrons. The van der Waals surface area contributed by atoms with Crippen LogP contribution in [0.2, 0.25) is 0 Å². The fourth-order valence-corrected chi connectivity index (χ4v) is 8.31. The molecule has 1 rings (SSSR count). The fourth-order valence-electron chi connectivity index (χ4n) is 6.82. The Morgan fingerprint density at radius 3 is 2.02 bits per heavy atom. The topological polar surface area (TPSA) is 144 Å². The second-order valence-electron chi connectivity index (χ2n) is 15.1. The number of phosphoric acid groups is 1. The summed E-state index contributed by atoms with van der Waals surface area (Å²) in [6.07, 6.45) is 23.3. The molecule has 1 aliphatic rings. The second-order valence-corrected chi connectivity index (χ2v) is 19.0. The minimum atomic E-state index is -4.24. The Morgan fingerprint density at radius 1 is 0.847 bits per heavy atom. The molecule has 1 heterocycles. The van der Waals surface area contributed by atoms with E-state index < -0.39 is 48.2 Å². The zero-order valence-electron chi connectivity index (χ0n) is 36.7. The lowest BCUT2D eigenvalue weighted by Crippen LogP contribution is -2.66. The summed E-state index contributed by atoms with van der Waals surface area (Å²) in [5.74, 6) is -1.03.